The van der Waals surface area contributed by atoms with E-state index in [1.54, 1.807) is 0 Å². The molecule has 2 aliphatic rings. The van der Waals surface area contributed by atoms with Gasteiger partial charge < -0.3 is 4.90 Å². The zero-order valence-electron chi connectivity index (χ0n) is 11.9. The fraction of sp³-hybridized carbons (Fsp3) is 0.733. The predicted molar refractivity (Wildman–Crippen MR) is 78.9 cm³/mol. The van der Waals surface area contributed by atoms with Crippen LogP contribution in [0.5, 0.6) is 0 Å². The number of hydrogen-bond acceptors (Lipinski definition) is 3. The number of rotatable bonds is 1. The molecule has 1 saturated heterocycles. The van der Waals surface area contributed by atoms with Crippen molar-refractivity contribution in [1.82, 2.24) is 9.97 Å². The van der Waals surface area contributed by atoms with Crippen molar-refractivity contribution >= 4 is 17.4 Å². The summed E-state index contributed by atoms with van der Waals surface area (Å²) >= 11 is 6.18. The minimum absolute atomic E-state index is 0.601. The van der Waals surface area contributed by atoms with Gasteiger partial charge in [0.25, 0.3) is 0 Å². The maximum absolute atomic E-state index is 6.18. The van der Waals surface area contributed by atoms with Crippen LogP contribution in [-0.2, 0) is 0 Å². The van der Waals surface area contributed by atoms with Gasteiger partial charge >= 0.3 is 0 Å². The van der Waals surface area contributed by atoms with E-state index >= 15 is 0 Å². The van der Waals surface area contributed by atoms with Gasteiger partial charge in [-0.15, -0.1) is 0 Å². The van der Waals surface area contributed by atoms with Crippen molar-refractivity contribution in [3.63, 3.8) is 0 Å². The molecule has 1 saturated carbocycles. The quantitative estimate of drug-likeness (QED) is 0.730. The van der Waals surface area contributed by atoms with Crippen molar-refractivity contribution in [2.45, 2.75) is 52.4 Å². The standard InChI is InChI=1S/C15H22ClN3/c1-11-13(16)17-12(2)18-14(11)19-9-7-15(8-10-19)5-3-4-6-15/h3-10H2,1-2H3. The molecule has 0 radical (unpaired) electrons. The lowest BCUT2D eigenvalue weighted by molar-refractivity contribution is 0.226. The first-order valence-electron chi connectivity index (χ1n) is 7.35. The molecule has 1 aromatic rings. The van der Waals surface area contributed by atoms with E-state index in [4.69, 9.17) is 11.6 Å². The van der Waals surface area contributed by atoms with E-state index in [9.17, 15) is 0 Å². The highest BCUT2D eigenvalue weighted by Crippen LogP contribution is 2.46. The number of anilines is 1. The molecule has 3 rings (SSSR count). The van der Waals surface area contributed by atoms with Crippen molar-refractivity contribution in [3.8, 4) is 0 Å². The Labute approximate surface area is 120 Å². The molecule has 0 unspecified atom stereocenters. The highest BCUT2D eigenvalue weighted by Gasteiger charge is 2.37. The summed E-state index contributed by atoms with van der Waals surface area (Å²) in [5, 5.41) is 0.601. The van der Waals surface area contributed by atoms with Crippen molar-refractivity contribution in [3.05, 3.63) is 16.5 Å². The first kappa shape index (κ1) is 13.2. The summed E-state index contributed by atoms with van der Waals surface area (Å²) in [4.78, 5) is 11.2. The summed E-state index contributed by atoms with van der Waals surface area (Å²) in [5.41, 5.74) is 1.67. The monoisotopic (exact) mass is 279 g/mol. The van der Waals surface area contributed by atoms with E-state index in [1.165, 1.54) is 38.5 Å². The second-order valence-corrected chi connectivity index (χ2v) is 6.56. The number of aromatic nitrogens is 2. The summed E-state index contributed by atoms with van der Waals surface area (Å²) in [6.45, 7) is 6.18. The van der Waals surface area contributed by atoms with E-state index in [0.29, 0.717) is 10.6 Å². The van der Waals surface area contributed by atoms with Crippen LogP contribution >= 0.6 is 11.6 Å². The highest BCUT2D eigenvalue weighted by molar-refractivity contribution is 6.30. The molecule has 1 spiro atoms. The number of hydrogen-bond donors (Lipinski definition) is 0. The van der Waals surface area contributed by atoms with E-state index in [1.807, 2.05) is 13.8 Å². The van der Waals surface area contributed by atoms with Crippen LogP contribution in [0.1, 0.15) is 49.9 Å². The van der Waals surface area contributed by atoms with E-state index in [0.717, 1.165) is 30.3 Å². The molecule has 1 aliphatic carbocycles. The van der Waals surface area contributed by atoms with Crippen LogP contribution in [0.2, 0.25) is 5.15 Å². The molecule has 0 amide bonds. The second-order valence-electron chi connectivity index (χ2n) is 6.20. The van der Waals surface area contributed by atoms with Gasteiger partial charge in [0, 0.05) is 18.7 Å². The smallest absolute Gasteiger partial charge is 0.137 e. The summed E-state index contributed by atoms with van der Waals surface area (Å²) in [5.74, 6) is 1.82. The zero-order chi connectivity index (χ0) is 13.5. The van der Waals surface area contributed by atoms with Gasteiger partial charge in [0.1, 0.15) is 16.8 Å². The lowest BCUT2D eigenvalue weighted by Gasteiger charge is -2.40. The maximum atomic E-state index is 6.18. The van der Waals surface area contributed by atoms with Gasteiger partial charge in [-0.3, -0.25) is 0 Å². The Kier molecular flexibility index (Phi) is 3.42. The summed E-state index contributed by atoms with van der Waals surface area (Å²) < 4.78 is 0. The van der Waals surface area contributed by atoms with Gasteiger partial charge in [-0.2, -0.15) is 0 Å². The molecule has 1 aliphatic heterocycles. The fourth-order valence-electron chi connectivity index (χ4n) is 3.71. The van der Waals surface area contributed by atoms with E-state index in [-0.39, 0.29) is 0 Å². The molecule has 2 heterocycles. The van der Waals surface area contributed by atoms with Crippen molar-refractivity contribution in [2.75, 3.05) is 18.0 Å². The van der Waals surface area contributed by atoms with Crippen molar-refractivity contribution in [1.29, 1.82) is 0 Å². The first-order chi connectivity index (χ1) is 9.10. The number of piperidine rings is 1. The lowest BCUT2D eigenvalue weighted by atomic mass is 9.77. The predicted octanol–water partition coefficient (Wildman–Crippen LogP) is 3.91. The molecule has 19 heavy (non-hydrogen) atoms. The van der Waals surface area contributed by atoms with E-state index in [2.05, 4.69) is 14.9 Å². The molecule has 0 atom stereocenters. The normalized spacial score (nSPS) is 22.2. The van der Waals surface area contributed by atoms with Gasteiger partial charge in [-0.05, 0) is 44.9 Å². The maximum Gasteiger partial charge on any atom is 0.137 e. The molecule has 0 aromatic carbocycles. The molecule has 104 valence electrons. The summed E-state index contributed by atoms with van der Waals surface area (Å²) in [7, 11) is 0. The molecule has 0 N–H and O–H groups in total. The SMILES string of the molecule is Cc1nc(Cl)c(C)c(N2CCC3(CCCC3)CC2)n1. The molecule has 1 aromatic heterocycles. The van der Waals surface area contributed by atoms with Crippen LogP contribution in [0.15, 0.2) is 0 Å². The Bertz CT molecular complexity index is 471. The third-order valence-corrected chi connectivity index (χ3v) is 5.33. The molecular weight excluding hydrogens is 258 g/mol. The lowest BCUT2D eigenvalue weighted by Crippen LogP contribution is -2.39. The zero-order valence-corrected chi connectivity index (χ0v) is 12.6. The average molecular weight is 280 g/mol. The van der Waals surface area contributed by atoms with Gasteiger partial charge in [0.05, 0.1) is 0 Å². The van der Waals surface area contributed by atoms with Crippen molar-refractivity contribution < 1.29 is 0 Å². The Morgan fingerprint density at radius 2 is 1.63 bits per heavy atom. The fourth-order valence-corrected chi connectivity index (χ4v) is 3.91. The van der Waals surface area contributed by atoms with Gasteiger partial charge in [0.2, 0.25) is 0 Å². The van der Waals surface area contributed by atoms with Crippen LogP contribution in [0.25, 0.3) is 0 Å². The van der Waals surface area contributed by atoms with Crippen LogP contribution < -0.4 is 4.90 Å². The Morgan fingerprint density at radius 3 is 2.26 bits per heavy atom. The average Bonchev–Trinajstić information content (AvgIpc) is 2.83. The number of halogens is 1. The van der Waals surface area contributed by atoms with Crippen LogP contribution in [-0.4, -0.2) is 23.1 Å². The third kappa shape index (κ3) is 2.45. The molecule has 3 nitrogen and oxygen atoms in total. The molecule has 0 bridgehead atoms. The third-order valence-electron chi connectivity index (χ3n) is 4.96. The molecule has 4 heteroatoms. The number of nitrogens with zero attached hydrogens (tertiary/aromatic N) is 3. The number of aryl methyl sites for hydroxylation is 1. The van der Waals surface area contributed by atoms with Gasteiger partial charge in [0.15, 0.2) is 0 Å². The largest absolute Gasteiger partial charge is 0.356 e. The first-order valence-corrected chi connectivity index (χ1v) is 7.73. The highest BCUT2D eigenvalue weighted by atomic mass is 35.5. The van der Waals surface area contributed by atoms with Gasteiger partial charge in [-0.1, -0.05) is 24.4 Å². The topological polar surface area (TPSA) is 29.0 Å². The van der Waals surface area contributed by atoms with Crippen molar-refractivity contribution in [2.24, 2.45) is 5.41 Å². The molecular formula is C15H22ClN3. The van der Waals surface area contributed by atoms with Crippen LogP contribution in [0, 0.1) is 19.3 Å². The Hall–Kier alpha value is -0.830. The van der Waals surface area contributed by atoms with E-state index < -0.39 is 0 Å². The second kappa shape index (κ2) is 4.93. The van der Waals surface area contributed by atoms with Crippen LogP contribution in [0.4, 0.5) is 5.82 Å². The Morgan fingerprint density at radius 1 is 1.00 bits per heavy atom. The summed E-state index contributed by atoms with van der Waals surface area (Å²) in [6, 6.07) is 0. The Balaban J connectivity index is 1.78. The minimum atomic E-state index is 0.601. The minimum Gasteiger partial charge on any atom is -0.356 e. The summed E-state index contributed by atoms with van der Waals surface area (Å²) in [6.07, 6.45) is 8.35. The van der Waals surface area contributed by atoms with Gasteiger partial charge in [-0.25, -0.2) is 9.97 Å². The van der Waals surface area contributed by atoms with Crippen LogP contribution in [0.3, 0.4) is 0 Å². The molecule has 2 fully saturated rings.